The Morgan fingerprint density at radius 2 is 1.89 bits per heavy atom. The van der Waals surface area contributed by atoms with Crippen molar-refractivity contribution in [3.05, 3.63) is 90.3 Å². The van der Waals surface area contributed by atoms with E-state index in [0.29, 0.717) is 29.1 Å². The Labute approximate surface area is 217 Å². The van der Waals surface area contributed by atoms with Crippen molar-refractivity contribution in [1.82, 2.24) is 25.1 Å². The summed E-state index contributed by atoms with van der Waals surface area (Å²) in [5.74, 6) is -0.694. The fourth-order valence-corrected chi connectivity index (χ4v) is 4.68. The van der Waals surface area contributed by atoms with Gasteiger partial charge in [-0.15, -0.1) is 0 Å². The third kappa shape index (κ3) is 4.33. The molecule has 4 heterocycles. The topological polar surface area (TPSA) is 126 Å². The summed E-state index contributed by atoms with van der Waals surface area (Å²) in [6.45, 7) is 2.18. The highest BCUT2D eigenvalue weighted by Gasteiger charge is 2.18. The minimum absolute atomic E-state index is 0.254. The molecule has 0 aliphatic carbocycles. The van der Waals surface area contributed by atoms with Gasteiger partial charge in [0.25, 0.3) is 0 Å². The number of nitrogens with one attached hydrogen (secondary N) is 2. The number of hydrogen-bond donors (Lipinski definition) is 4. The predicted molar refractivity (Wildman–Crippen MR) is 144 cm³/mol. The molecular formula is C29H25FN6O2. The third-order valence-electron chi connectivity index (χ3n) is 6.64. The molecule has 38 heavy (non-hydrogen) atoms. The van der Waals surface area contributed by atoms with Crippen molar-refractivity contribution >= 4 is 21.9 Å². The fraction of sp³-hybridized carbons (Fsp3) is 0.138. The summed E-state index contributed by atoms with van der Waals surface area (Å²) in [6.07, 6.45) is 5.84. The van der Waals surface area contributed by atoms with E-state index in [1.807, 2.05) is 43.5 Å². The van der Waals surface area contributed by atoms with Crippen LogP contribution in [-0.2, 0) is 6.42 Å². The van der Waals surface area contributed by atoms with Crippen LogP contribution in [0.1, 0.15) is 11.3 Å². The molecule has 0 spiro atoms. The van der Waals surface area contributed by atoms with Gasteiger partial charge in [0.2, 0.25) is 0 Å². The SMILES string of the molecule is Cc1[nH]nc2ncc(-c3cc(OC[C@H](N)Cc4c[nH]c5ccccc45)cnc3-c3cccc(F)c3O)cc12. The number of fused-ring (bicyclic) bond motifs is 2. The standard InChI is InChI=1S/C29H25FN6O2/c1-16-23-10-18(13-34-29(23)36-35-16)24-11-20(14-33-27(24)22-6-4-7-25(30)28(22)37)38-15-19(31)9-17-12-32-26-8-3-2-5-21(17)26/h2-8,10-14,19,32,37H,9,15,31H2,1H3,(H,34,35,36)/t19-/m1/s1. The van der Waals surface area contributed by atoms with Crippen molar-refractivity contribution in [2.75, 3.05) is 6.61 Å². The molecule has 0 saturated carbocycles. The molecule has 0 radical (unpaired) electrons. The Morgan fingerprint density at radius 3 is 2.79 bits per heavy atom. The summed E-state index contributed by atoms with van der Waals surface area (Å²) in [7, 11) is 0. The van der Waals surface area contributed by atoms with Crippen LogP contribution in [0.2, 0.25) is 0 Å². The highest BCUT2D eigenvalue weighted by Crippen LogP contribution is 2.38. The molecule has 8 nitrogen and oxygen atoms in total. The quantitative estimate of drug-likeness (QED) is 0.233. The van der Waals surface area contributed by atoms with Gasteiger partial charge in [-0.3, -0.25) is 10.1 Å². The number of benzene rings is 2. The van der Waals surface area contributed by atoms with Gasteiger partial charge in [0.15, 0.2) is 17.2 Å². The summed E-state index contributed by atoms with van der Waals surface area (Å²) in [4.78, 5) is 12.3. The van der Waals surface area contributed by atoms with Crippen molar-refractivity contribution in [2.45, 2.75) is 19.4 Å². The molecule has 0 aliphatic rings. The zero-order chi connectivity index (χ0) is 26.2. The number of phenolic OH excluding ortho intramolecular Hbond substituents is 1. The lowest BCUT2D eigenvalue weighted by atomic mass is 9.99. The van der Waals surface area contributed by atoms with Crippen LogP contribution in [-0.4, -0.2) is 42.9 Å². The number of rotatable bonds is 7. The van der Waals surface area contributed by atoms with E-state index in [2.05, 4.69) is 31.2 Å². The van der Waals surface area contributed by atoms with E-state index in [1.54, 1.807) is 18.5 Å². The van der Waals surface area contributed by atoms with Crippen LogP contribution in [0.3, 0.4) is 0 Å². The maximum absolute atomic E-state index is 14.2. The summed E-state index contributed by atoms with van der Waals surface area (Å²) < 4.78 is 20.3. The van der Waals surface area contributed by atoms with Gasteiger partial charge in [0.05, 0.1) is 11.9 Å². The molecule has 0 bridgehead atoms. The number of ether oxygens (including phenoxy) is 1. The molecule has 0 amide bonds. The smallest absolute Gasteiger partial charge is 0.181 e. The van der Waals surface area contributed by atoms with Crippen LogP contribution in [0.5, 0.6) is 11.5 Å². The van der Waals surface area contributed by atoms with Crippen molar-refractivity contribution in [3.63, 3.8) is 0 Å². The van der Waals surface area contributed by atoms with Gasteiger partial charge in [-0.2, -0.15) is 5.10 Å². The second-order valence-corrected chi connectivity index (χ2v) is 9.28. The van der Waals surface area contributed by atoms with Crippen LogP contribution < -0.4 is 10.5 Å². The Hall–Kier alpha value is -4.76. The van der Waals surface area contributed by atoms with Crippen molar-refractivity contribution in [2.24, 2.45) is 5.73 Å². The van der Waals surface area contributed by atoms with E-state index in [9.17, 15) is 9.50 Å². The highest BCUT2D eigenvalue weighted by atomic mass is 19.1. The number of phenols is 1. The second kappa shape index (κ2) is 9.60. The summed E-state index contributed by atoms with van der Waals surface area (Å²) in [6, 6.07) is 15.9. The number of para-hydroxylation sites is 2. The van der Waals surface area contributed by atoms with Crippen LogP contribution in [0.15, 0.2) is 73.2 Å². The van der Waals surface area contributed by atoms with Crippen LogP contribution >= 0.6 is 0 Å². The van der Waals surface area contributed by atoms with Gasteiger partial charge in [-0.25, -0.2) is 9.37 Å². The molecule has 0 aliphatic heterocycles. The number of aromatic hydroxyl groups is 1. The first kappa shape index (κ1) is 23.6. The molecule has 190 valence electrons. The lowest BCUT2D eigenvalue weighted by Gasteiger charge is -2.16. The molecule has 4 aromatic heterocycles. The number of hydrogen-bond acceptors (Lipinski definition) is 6. The average Bonchev–Trinajstić information content (AvgIpc) is 3.52. The number of nitrogens with zero attached hydrogens (tertiary/aromatic N) is 3. The van der Waals surface area contributed by atoms with E-state index in [-0.39, 0.29) is 18.2 Å². The number of halogens is 1. The molecule has 0 unspecified atom stereocenters. The maximum atomic E-state index is 14.2. The minimum atomic E-state index is -0.724. The monoisotopic (exact) mass is 508 g/mol. The lowest BCUT2D eigenvalue weighted by molar-refractivity contribution is 0.287. The van der Waals surface area contributed by atoms with Gasteiger partial charge in [-0.1, -0.05) is 24.3 Å². The van der Waals surface area contributed by atoms with Crippen LogP contribution in [0, 0.1) is 12.7 Å². The van der Waals surface area contributed by atoms with E-state index in [0.717, 1.165) is 33.1 Å². The Morgan fingerprint density at radius 1 is 1.03 bits per heavy atom. The fourth-order valence-electron chi connectivity index (χ4n) is 4.68. The van der Waals surface area contributed by atoms with Crippen LogP contribution in [0.25, 0.3) is 44.3 Å². The summed E-state index contributed by atoms with van der Waals surface area (Å²) >= 11 is 0. The average molecular weight is 509 g/mol. The van der Waals surface area contributed by atoms with Gasteiger partial charge in [0.1, 0.15) is 12.4 Å². The molecule has 0 saturated heterocycles. The minimum Gasteiger partial charge on any atom is -0.504 e. The Kier molecular flexibility index (Phi) is 5.97. The number of nitrogens with two attached hydrogens (primary N) is 1. The van der Waals surface area contributed by atoms with Crippen molar-refractivity contribution in [1.29, 1.82) is 0 Å². The molecular weight excluding hydrogens is 483 g/mol. The first-order valence-corrected chi connectivity index (χ1v) is 12.2. The Balaban J connectivity index is 1.32. The predicted octanol–water partition coefficient (Wildman–Crippen LogP) is 5.27. The highest BCUT2D eigenvalue weighted by molar-refractivity contribution is 5.89. The number of H-pyrrole nitrogens is 2. The number of aromatic amines is 2. The largest absolute Gasteiger partial charge is 0.504 e. The second-order valence-electron chi connectivity index (χ2n) is 9.28. The van der Waals surface area contributed by atoms with Gasteiger partial charge >= 0.3 is 0 Å². The maximum Gasteiger partial charge on any atom is 0.181 e. The first-order chi connectivity index (χ1) is 18.5. The molecule has 6 aromatic rings. The molecule has 1 atom stereocenters. The van der Waals surface area contributed by atoms with Gasteiger partial charge < -0.3 is 20.6 Å². The first-order valence-electron chi connectivity index (χ1n) is 12.2. The molecule has 5 N–H and O–H groups in total. The van der Waals surface area contributed by atoms with E-state index >= 15 is 0 Å². The normalized spacial score (nSPS) is 12.3. The Bertz CT molecular complexity index is 1780. The zero-order valence-corrected chi connectivity index (χ0v) is 20.6. The summed E-state index contributed by atoms with van der Waals surface area (Å²) in [5, 5.41) is 19.6. The van der Waals surface area contributed by atoms with Crippen LogP contribution in [0.4, 0.5) is 4.39 Å². The molecule has 6 rings (SSSR count). The van der Waals surface area contributed by atoms with Gasteiger partial charge in [0, 0.05) is 57.1 Å². The van der Waals surface area contributed by atoms with E-state index in [4.69, 9.17) is 10.5 Å². The molecule has 9 heteroatoms. The van der Waals surface area contributed by atoms with E-state index < -0.39 is 11.6 Å². The van der Waals surface area contributed by atoms with Gasteiger partial charge in [-0.05, 0) is 49.2 Å². The number of aryl methyl sites for hydroxylation is 1. The number of aromatic nitrogens is 5. The number of pyridine rings is 2. The third-order valence-corrected chi connectivity index (χ3v) is 6.64. The molecule has 0 fully saturated rings. The lowest BCUT2D eigenvalue weighted by Crippen LogP contribution is -2.30. The zero-order valence-electron chi connectivity index (χ0n) is 20.6. The molecule has 2 aromatic carbocycles. The van der Waals surface area contributed by atoms with E-state index in [1.165, 1.54) is 12.1 Å². The summed E-state index contributed by atoms with van der Waals surface area (Å²) in [5.41, 5.74) is 12.1. The van der Waals surface area contributed by atoms with Crippen molar-refractivity contribution < 1.29 is 14.2 Å². The van der Waals surface area contributed by atoms with Crippen molar-refractivity contribution in [3.8, 4) is 33.9 Å².